The minimum Gasteiger partial charge on any atom is -0.497 e. The Hall–Kier alpha value is -3.35. The molecule has 4 rings (SSSR count). The van der Waals surface area contributed by atoms with Crippen molar-refractivity contribution in [1.82, 2.24) is 10.1 Å². The molecule has 1 aliphatic rings. The Bertz CT molecular complexity index is 1020. The summed E-state index contributed by atoms with van der Waals surface area (Å²) in [6.45, 7) is 2.71. The lowest BCUT2D eigenvalue weighted by Crippen LogP contribution is -2.24. The SMILES string of the molecule is CCCCc1ccc(N2CC(c3nc(-c4cc(OC)cc(OC)c4)no3)CC2=O)cc1. The molecule has 0 bridgehead atoms. The molecule has 2 aromatic carbocycles. The summed E-state index contributed by atoms with van der Waals surface area (Å²) in [7, 11) is 3.19. The Morgan fingerprint density at radius 2 is 1.81 bits per heavy atom. The second-order valence-corrected chi connectivity index (χ2v) is 7.73. The first-order valence-corrected chi connectivity index (χ1v) is 10.6. The van der Waals surface area contributed by atoms with Crippen LogP contribution in [0.25, 0.3) is 11.4 Å². The van der Waals surface area contributed by atoms with Gasteiger partial charge in [0, 0.05) is 30.3 Å². The highest BCUT2D eigenvalue weighted by atomic mass is 16.5. The van der Waals surface area contributed by atoms with E-state index < -0.39 is 0 Å². The van der Waals surface area contributed by atoms with Crippen molar-refractivity contribution in [2.75, 3.05) is 25.7 Å². The van der Waals surface area contributed by atoms with Gasteiger partial charge in [-0.1, -0.05) is 30.6 Å². The number of methoxy groups -OCH3 is 2. The number of unbranched alkanes of at least 4 members (excludes halogenated alkanes) is 1. The maximum atomic E-state index is 12.7. The maximum absolute atomic E-state index is 12.7. The van der Waals surface area contributed by atoms with Gasteiger partial charge in [0.25, 0.3) is 0 Å². The molecule has 1 aromatic heterocycles. The molecule has 7 nitrogen and oxygen atoms in total. The third-order valence-electron chi connectivity index (χ3n) is 5.59. The van der Waals surface area contributed by atoms with Gasteiger partial charge in [-0.3, -0.25) is 4.79 Å². The first kappa shape index (κ1) is 20.9. The minimum absolute atomic E-state index is 0.0640. The summed E-state index contributed by atoms with van der Waals surface area (Å²) < 4.78 is 16.2. The Balaban J connectivity index is 1.50. The molecule has 1 fully saturated rings. The molecule has 1 aliphatic heterocycles. The number of benzene rings is 2. The number of aryl methyl sites for hydroxylation is 1. The fourth-order valence-corrected chi connectivity index (χ4v) is 3.80. The Labute approximate surface area is 182 Å². The van der Waals surface area contributed by atoms with Gasteiger partial charge in [0.1, 0.15) is 11.5 Å². The molecule has 1 saturated heterocycles. The Kier molecular flexibility index (Phi) is 6.21. The van der Waals surface area contributed by atoms with E-state index in [4.69, 9.17) is 14.0 Å². The van der Waals surface area contributed by atoms with Crippen LogP contribution in [0, 0.1) is 0 Å². The summed E-state index contributed by atoms with van der Waals surface area (Å²) in [5.41, 5.74) is 2.93. The molecule has 2 heterocycles. The fourth-order valence-electron chi connectivity index (χ4n) is 3.80. The zero-order valence-corrected chi connectivity index (χ0v) is 18.1. The number of amides is 1. The standard InChI is InChI=1S/C24H27N3O4/c1-4-5-6-16-7-9-19(10-8-16)27-15-18(13-22(27)28)24-25-23(26-31-24)17-11-20(29-2)14-21(12-17)30-3/h7-12,14,18H,4-6,13,15H2,1-3H3. The number of carbonyl (C=O) groups excluding carboxylic acids is 1. The molecule has 1 amide bonds. The molecule has 1 unspecified atom stereocenters. The molecule has 31 heavy (non-hydrogen) atoms. The van der Waals surface area contributed by atoms with Crippen LogP contribution in [0.3, 0.4) is 0 Å². The summed E-state index contributed by atoms with van der Waals surface area (Å²) in [4.78, 5) is 19.0. The van der Waals surface area contributed by atoms with Gasteiger partial charge >= 0.3 is 0 Å². The normalized spacial score (nSPS) is 16.0. The molecule has 0 spiro atoms. The molecular formula is C24H27N3O4. The fraction of sp³-hybridized carbons (Fsp3) is 0.375. The van der Waals surface area contributed by atoms with E-state index in [0.29, 0.717) is 36.2 Å². The topological polar surface area (TPSA) is 77.7 Å². The predicted octanol–water partition coefficient (Wildman–Crippen LogP) is 4.62. The second kappa shape index (κ2) is 9.20. The summed E-state index contributed by atoms with van der Waals surface area (Å²) in [6.07, 6.45) is 3.75. The first-order valence-electron chi connectivity index (χ1n) is 10.6. The molecule has 1 atom stereocenters. The molecule has 3 aromatic rings. The van der Waals surface area contributed by atoms with Crippen LogP contribution in [0.4, 0.5) is 5.69 Å². The molecule has 162 valence electrons. The van der Waals surface area contributed by atoms with E-state index in [9.17, 15) is 4.79 Å². The number of hydrogen-bond acceptors (Lipinski definition) is 6. The predicted molar refractivity (Wildman–Crippen MR) is 118 cm³/mol. The van der Waals surface area contributed by atoms with E-state index in [1.165, 1.54) is 18.4 Å². The highest BCUT2D eigenvalue weighted by Crippen LogP contribution is 2.33. The number of hydrogen-bond donors (Lipinski definition) is 0. The van der Waals surface area contributed by atoms with E-state index in [1.807, 2.05) is 24.3 Å². The average Bonchev–Trinajstić information content (AvgIpc) is 3.44. The number of anilines is 1. The lowest BCUT2D eigenvalue weighted by molar-refractivity contribution is -0.117. The highest BCUT2D eigenvalue weighted by Gasteiger charge is 2.35. The van der Waals surface area contributed by atoms with Gasteiger partial charge in [-0.25, -0.2) is 0 Å². The summed E-state index contributed by atoms with van der Waals surface area (Å²) in [5.74, 6) is 2.12. The van der Waals surface area contributed by atoms with Crippen LogP contribution >= 0.6 is 0 Å². The van der Waals surface area contributed by atoms with Crippen molar-refractivity contribution in [3.05, 3.63) is 53.9 Å². The van der Waals surface area contributed by atoms with E-state index in [1.54, 1.807) is 25.2 Å². The van der Waals surface area contributed by atoms with Crippen molar-refractivity contribution in [3.8, 4) is 22.9 Å². The largest absolute Gasteiger partial charge is 0.497 e. The van der Waals surface area contributed by atoms with Crippen LogP contribution in [0.5, 0.6) is 11.5 Å². The number of rotatable bonds is 8. The summed E-state index contributed by atoms with van der Waals surface area (Å²) in [5, 5.41) is 4.12. The van der Waals surface area contributed by atoms with Crippen molar-refractivity contribution >= 4 is 11.6 Å². The number of carbonyl (C=O) groups is 1. The van der Waals surface area contributed by atoms with E-state index in [0.717, 1.165) is 17.7 Å². The quantitative estimate of drug-likeness (QED) is 0.528. The lowest BCUT2D eigenvalue weighted by atomic mass is 10.1. The minimum atomic E-state index is -0.138. The van der Waals surface area contributed by atoms with Gasteiger partial charge in [-0.2, -0.15) is 4.98 Å². The Morgan fingerprint density at radius 3 is 2.45 bits per heavy atom. The van der Waals surface area contributed by atoms with Crippen molar-refractivity contribution < 1.29 is 18.8 Å². The van der Waals surface area contributed by atoms with Gasteiger partial charge in [0.15, 0.2) is 0 Å². The summed E-state index contributed by atoms with van der Waals surface area (Å²) >= 11 is 0. The number of ether oxygens (including phenoxy) is 2. The molecule has 0 N–H and O–H groups in total. The maximum Gasteiger partial charge on any atom is 0.232 e. The van der Waals surface area contributed by atoms with Gasteiger partial charge in [-0.15, -0.1) is 0 Å². The van der Waals surface area contributed by atoms with Crippen LogP contribution < -0.4 is 14.4 Å². The second-order valence-electron chi connectivity index (χ2n) is 7.73. The van der Waals surface area contributed by atoms with Gasteiger partial charge in [0.05, 0.1) is 20.1 Å². The van der Waals surface area contributed by atoms with Gasteiger partial charge in [-0.05, 0) is 42.7 Å². The third kappa shape index (κ3) is 4.55. The van der Waals surface area contributed by atoms with Crippen LogP contribution in [0.2, 0.25) is 0 Å². The molecule has 0 saturated carbocycles. The van der Waals surface area contributed by atoms with Crippen LogP contribution in [-0.2, 0) is 11.2 Å². The first-order chi connectivity index (χ1) is 15.1. The molecule has 0 aliphatic carbocycles. The zero-order chi connectivity index (χ0) is 21.8. The van der Waals surface area contributed by atoms with Gasteiger partial charge < -0.3 is 18.9 Å². The van der Waals surface area contributed by atoms with Crippen molar-refractivity contribution in [3.63, 3.8) is 0 Å². The van der Waals surface area contributed by atoms with Crippen molar-refractivity contribution in [2.45, 2.75) is 38.5 Å². The van der Waals surface area contributed by atoms with Crippen molar-refractivity contribution in [1.29, 1.82) is 0 Å². The van der Waals surface area contributed by atoms with Crippen LogP contribution in [0.15, 0.2) is 47.0 Å². The van der Waals surface area contributed by atoms with Crippen LogP contribution in [0.1, 0.15) is 43.6 Å². The zero-order valence-electron chi connectivity index (χ0n) is 18.1. The molecule has 7 heteroatoms. The van der Waals surface area contributed by atoms with Crippen LogP contribution in [-0.4, -0.2) is 36.8 Å². The molecular weight excluding hydrogens is 394 g/mol. The Morgan fingerprint density at radius 1 is 1.10 bits per heavy atom. The third-order valence-corrected chi connectivity index (χ3v) is 5.59. The monoisotopic (exact) mass is 421 g/mol. The lowest BCUT2D eigenvalue weighted by Gasteiger charge is -2.16. The molecule has 0 radical (unpaired) electrons. The highest BCUT2D eigenvalue weighted by molar-refractivity contribution is 5.96. The van der Waals surface area contributed by atoms with E-state index in [2.05, 4.69) is 29.2 Å². The smallest absolute Gasteiger partial charge is 0.232 e. The summed E-state index contributed by atoms with van der Waals surface area (Å²) in [6, 6.07) is 13.7. The average molecular weight is 421 g/mol. The van der Waals surface area contributed by atoms with Crippen molar-refractivity contribution in [2.24, 2.45) is 0 Å². The number of nitrogens with zero attached hydrogens (tertiary/aromatic N) is 3. The van der Waals surface area contributed by atoms with E-state index >= 15 is 0 Å². The van der Waals surface area contributed by atoms with E-state index in [-0.39, 0.29) is 11.8 Å². The number of aromatic nitrogens is 2. The van der Waals surface area contributed by atoms with Gasteiger partial charge in [0.2, 0.25) is 17.6 Å².